The fourth-order valence-corrected chi connectivity index (χ4v) is 2.91. The first kappa shape index (κ1) is 17.9. The zero-order valence-corrected chi connectivity index (χ0v) is 14.5. The second kappa shape index (κ2) is 9.02. The lowest BCUT2D eigenvalue weighted by Gasteiger charge is -2.19. The first-order valence-corrected chi connectivity index (χ1v) is 8.42. The van der Waals surface area contributed by atoms with Gasteiger partial charge in [0.15, 0.2) is 5.78 Å². The van der Waals surface area contributed by atoms with Crippen LogP contribution in [0.3, 0.4) is 0 Å². The van der Waals surface area contributed by atoms with Gasteiger partial charge in [-0.2, -0.15) is 0 Å². The standard InChI is InChI=1S/C20H32O/c1-15(2)19-13-12-17(4)10-6-8-16(3)9-7-11-18(5)14-20(19)21/h9-10,14-15,19H,6-8,11-13H2,1-5H3/b16-9+,17-10+,18-14+. The molecule has 0 spiro atoms. The van der Waals surface area contributed by atoms with E-state index in [-0.39, 0.29) is 5.92 Å². The lowest BCUT2D eigenvalue weighted by molar-refractivity contribution is -0.119. The summed E-state index contributed by atoms with van der Waals surface area (Å²) < 4.78 is 0. The van der Waals surface area contributed by atoms with Crippen LogP contribution in [0.4, 0.5) is 0 Å². The molecule has 1 unspecified atom stereocenters. The van der Waals surface area contributed by atoms with E-state index in [1.807, 2.05) is 6.08 Å². The van der Waals surface area contributed by atoms with Gasteiger partial charge in [0.1, 0.15) is 0 Å². The van der Waals surface area contributed by atoms with Crippen LogP contribution >= 0.6 is 0 Å². The molecule has 1 nitrogen and oxygen atoms in total. The van der Waals surface area contributed by atoms with Gasteiger partial charge < -0.3 is 0 Å². The van der Waals surface area contributed by atoms with E-state index in [1.165, 1.54) is 16.7 Å². The molecule has 21 heavy (non-hydrogen) atoms. The Bertz CT molecular complexity index is 435. The molecule has 0 saturated carbocycles. The normalized spacial score (nSPS) is 30.7. The molecule has 0 fully saturated rings. The van der Waals surface area contributed by atoms with Crippen molar-refractivity contribution in [1.29, 1.82) is 0 Å². The van der Waals surface area contributed by atoms with Crippen LogP contribution in [0.5, 0.6) is 0 Å². The van der Waals surface area contributed by atoms with E-state index in [0.29, 0.717) is 11.7 Å². The highest BCUT2D eigenvalue weighted by Gasteiger charge is 2.20. The maximum Gasteiger partial charge on any atom is 0.158 e. The molecule has 0 saturated heterocycles. The van der Waals surface area contributed by atoms with Gasteiger partial charge in [0.25, 0.3) is 0 Å². The molecule has 0 amide bonds. The predicted octanol–water partition coefficient (Wildman–Crippen LogP) is 6.02. The minimum atomic E-state index is 0.170. The molecule has 1 aliphatic carbocycles. The molecule has 0 radical (unpaired) electrons. The van der Waals surface area contributed by atoms with E-state index < -0.39 is 0 Å². The average molecular weight is 288 g/mol. The number of ketones is 1. The minimum Gasteiger partial charge on any atom is -0.295 e. The highest BCUT2D eigenvalue weighted by Crippen LogP contribution is 2.23. The van der Waals surface area contributed by atoms with Crippen LogP contribution < -0.4 is 0 Å². The fourth-order valence-electron chi connectivity index (χ4n) is 2.91. The molecule has 0 aliphatic heterocycles. The Balaban J connectivity index is 2.90. The Hall–Kier alpha value is -1.11. The molecule has 1 aliphatic rings. The molecule has 0 aromatic rings. The molecule has 1 atom stereocenters. The lowest BCUT2D eigenvalue weighted by Crippen LogP contribution is -2.19. The minimum absolute atomic E-state index is 0.170. The van der Waals surface area contributed by atoms with Crippen molar-refractivity contribution in [2.75, 3.05) is 0 Å². The van der Waals surface area contributed by atoms with Gasteiger partial charge in [-0.15, -0.1) is 0 Å². The van der Waals surface area contributed by atoms with E-state index in [2.05, 4.69) is 46.8 Å². The summed E-state index contributed by atoms with van der Waals surface area (Å²) in [5, 5.41) is 0. The number of carbonyl (C=O) groups excluding carboxylic acids is 1. The molecule has 118 valence electrons. The highest BCUT2D eigenvalue weighted by molar-refractivity contribution is 5.92. The second-order valence-corrected chi connectivity index (χ2v) is 6.96. The number of carbonyl (C=O) groups is 1. The summed E-state index contributed by atoms with van der Waals surface area (Å²) in [6, 6.07) is 0. The van der Waals surface area contributed by atoms with Gasteiger partial charge in [0.2, 0.25) is 0 Å². The third-order valence-electron chi connectivity index (χ3n) is 4.47. The molecule has 0 N–H and O–H groups in total. The van der Waals surface area contributed by atoms with Crippen LogP contribution in [0.1, 0.15) is 73.1 Å². The average Bonchev–Trinajstić information content (AvgIpc) is 2.37. The van der Waals surface area contributed by atoms with Gasteiger partial charge in [0.05, 0.1) is 0 Å². The molecule has 0 aromatic carbocycles. The highest BCUT2D eigenvalue weighted by atomic mass is 16.1. The summed E-state index contributed by atoms with van der Waals surface area (Å²) in [6.45, 7) is 10.8. The van der Waals surface area contributed by atoms with Gasteiger partial charge in [-0.25, -0.2) is 0 Å². The van der Waals surface area contributed by atoms with E-state index in [1.54, 1.807) is 0 Å². The molecule has 0 bridgehead atoms. The Labute approximate surface area is 131 Å². The number of rotatable bonds is 1. The number of hydrogen-bond donors (Lipinski definition) is 0. The van der Waals surface area contributed by atoms with Crippen LogP contribution in [0.2, 0.25) is 0 Å². The monoisotopic (exact) mass is 288 g/mol. The summed E-state index contributed by atoms with van der Waals surface area (Å²) in [6.07, 6.45) is 13.0. The zero-order chi connectivity index (χ0) is 15.8. The maximum absolute atomic E-state index is 12.5. The van der Waals surface area contributed by atoms with Gasteiger partial charge >= 0.3 is 0 Å². The van der Waals surface area contributed by atoms with Crippen molar-refractivity contribution >= 4 is 5.78 Å². The molecule has 0 aromatic heterocycles. The van der Waals surface area contributed by atoms with E-state index >= 15 is 0 Å². The van der Waals surface area contributed by atoms with Crippen LogP contribution in [-0.4, -0.2) is 5.78 Å². The SMILES string of the molecule is C/C1=C\CC/C(C)=C/C(=O)C(C(C)C)CC/C(C)=C/CC1. The topological polar surface area (TPSA) is 17.1 Å². The first-order valence-electron chi connectivity index (χ1n) is 8.42. The largest absolute Gasteiger partial charge is 0.295 e. The van der Waals surface area contributed by atoms with Crippen LogP contribution in [-0.2, 0) is 4.79 Å². The van der Waals surface area contributed by atoms with Gasteiger partial charge in [-0.1, -0.05) is 42.7 Å². The predicted molar refractivity (Wildman–Crippen MR) is 92.3 cm³/mol. The summed E-state index contributed by atoms with van der Waals surface area (Å²) in [4.78, 5) is 12.5. The fraction of sp³-hybridized carbons (Fsp3) is 0.650. The summed E-state index contributed by atoms with van der Waals surface area (Å²) in [7, 11) is 0. The first-order chi connectivity index (χ1) is 9.90. The maximum atomic E-state index is 12.5. The van der Waals surface area contributed by atoms with Crippen molar-refractivity contribution < 1.29 is 4.79 Å². The van der Waals surface area contributed by atoms with Crippen molar-refractivity contribution in [1.82, 2.24) is 0 Å². The van der Waals surface area contributed by atoms with Crippen molar-refractivity contribution in [2.24, 2.45) is 11.8 Å². The Morgan fingerprint density at radius 2 is 1.43 bits per heavy atom. The van der Waals surface area contributed by atoms with Gasteiger partial charge in [0, 0.05) is 5.92 Å². The van der Waals surface area contributed by atoms with Gasteiger partial charge in [-0.3, -0.25) is 4.79 Å². The number of allylic oxidation sites excluding steroid dienone is 6. The Morgan fingerprint density at radius 3 is 2.00 bits per heavy atom. The molecule has 0 heterocycles. The van der Waals surface area contributed by atoms with Gasteiger partial charge in [-0.05, 0) is 71.3 Å². The zero-order valence-electron chi connectivity index (χ0n) is 14.5. The van der Waals surface area contributed by atoms with E-state index in [9.17, 15) is 4.79 Å². The summed E-state index contributed by atoms with van der Waals surface area (Å²) in [5.41, 5.74) is 4.12. The third kappa shape index (κ3) is 6.93. The molecular formula is C20H32O. The van der Waals surface area contributed by atoms with Crippen LogP contribution in [0.25, 0.3) is 0 Å². The molecular weight excluding hydrogens is 256 g/mol. The third-order valence-corrected chi connectivity index (χ3v) is 4.47. The summed E-state index contributed by atoms with van der Waals surface area (Å²) >= 11 is 0. The van der Waals surface area contributed by atoms with Crippen molar-refractivity contribution in [3.05, 3.63) is 34.9 Å². The Kier molecular flexibility index (Phi) is 7.71. The lowest BCUT2D eigenvalue weighted by atomic mass is 9.85. The van der Waals surface area contributed by atoms with Crippen LogP contribution in [0.15, 0.2) is 34.9 Å². The van der Waals surface area contributed by atoms with Crippen molar-refractivity contribution in [3.63, 3.8) is 0 Å². The summed E-state index contributed by atoms with van der Waals surface area (Å²) in [5.74, 6) is 0.918. The van der Waals surface area contributed by atoms with E-state index in [0.717, 1.165) is 38.5 Å². The van der Waals surface area contributed by atoms with Crippen molar-refractivity contribution in [2.45, 2.75) is 73.1 Å². The smallest absolute Gasteiger partial charge is 0.158 e. The quantitative estimate of drug-likeness (QED) is 0.539. The molecule has 1 rings (SSSR count). The number of hydrogen-bond acceptors (Lipinski definition) is 1. The molecule has 1 heteroatoms. The van der Waals surface area contributed by atoms with Crippen LogP contribution in [0, 0.1) is 11.8 Å². The Morgan fingerprint density at radius 1 is 0.905 bits per heavy atom. The van der Waals surface area contributed by atoms with Crippen molar-refractivity contribution in [3.8, 4) is 0 Å². The second-order valence-electron chi connectivity index (χ2n) is 6.96. The van der Waals surface area contributed by atoms with E-state index in [4.69, 9.17) is 0 Å².